The highest BCUT2D eigenvalue weighted by Crippen LogP contribution is 2.18. The Morgan fingerprint density at radius 3 is 2.52 bits per heavy atom. The van der Waals surface area contributed by atoms with Crippen LogP contribution in [0.3, 0.4) is 0 Å². The fourth-order valence-electron chi connectivity index (χ4n) is 1.81. The molecule has 1 aliphatic carbocycles. The molecular formula is C15H21N3O3. The quantitative estimate of drug-likeness (QED) is 0.622. The fraction of sp³-hybridized carbons (Fsp3) is 0.467. The number of methoxy groups -OCH3 is 1. The van der Waals surface area contributed by atoms with E-state index in [1.54, 1.807) is 31.4 Å². The van der Waals surface area contributed by atoms with Crippen LogP contribution in [0.1, 0.15) is 19.3 Å². The summed E-state index contributed by atoms with van der Waals surface area (Å²) >= 11 is 0. The highest BCUT2D eigenvalue weighted by Gasteiger charge is 2.22. The highest BCUT2D eigenvalue weighted by atomic mass is 16.5. The molecule has 2 rings (SSSR count). The smallest absolute Gasteiger partial charge is 0.238 e. The Balaban J connectivity index is 1.59. The van der Waals surface area contributed by atoms with Crippen LogP contribution < -0.4 is 20.7 Å². The van der Waals surface area contributed by atoms with Crippen LogP contribution in [0.2, 0.25) is 0 Å². The van der Waals surface area contributed by atoms with Crippen molar-refractivity contribution in [2.75, 3.05) is 25.5 Å². The topological polar surface area (TPSA) is 79.5 Å². The Labute approximate surface area is 124 Å². The maximum atomic E-state index is 11.7. The van der Waals surface area contributed by atoms with Gasteiger partial charge in [0, 0.05) is 24.7 Å². The van der Waals surface area contributed by atoms with Crippen molar-refractivity contribution in [1.82, 2.24) is 10.6 Å². The van der Waals surface area contributed by atoms with E-state index >= 15 is 0 Å². The molecule has 0 aliphatic heterocycles. The van der Waals surface area contributed by atoms with Crippen molar-refractivity contribution in [3.05, 3.63) is 24.3 Å². The normalized spacial score (nSPS) is 13.6. The van der Waals surface area contributed by atoms with Gasteiger partial charge >= 0.3 is 0 Å². The number of hydrogen-bond acceptors (Lipinski definition) is 4. The standard InChI is InChI=1S/C15H21N3O3/c1-21-13-6-4-12(5-7-13)18-15(20)10-16-9-8-14(19)17-11-2-3-11/h4-7,11,16H,2-3,8-10H2,1H3,(H,17,19)(H,18,20). The summed E-state index contributed by atoms with van der Waals surface area (Å²) in [6.45, 7) is 0.678. The molecule has 0 unspecified atom stereocenters. The molecule has 0 heterocycles. The SMILES string of the molecule is COc1ccc(NC(=O)CNCCC(=O)NC2CC2)cc1. The van der Waals surface area contributed by atoms with Crippen LogP contribution in [0.5, 0.6) is 5.75 Å². The zero-order valence-electron chi connectivity index (χ0n) is 12.1. The van der Waals surface area contributed by atoms with Gasteiger partial charge in [0.25, 0.3) is 0 Å². The maximum Gasteiger partial charge on any atom is 0.238 e. The Hall–Kier alpha value is -2.08. The lowest BCUT2D eigenvalue weighted by Gasteiger charge is -2.07. The molecule has 0 atom stereocenters. The summed E-state index contributed by atoms with van der Waals surface area (Å²) in [5.41, 5.74) is 0.717. The minimum Gasteiger partial charge on any atom is -0.497 e. The number of hydrogen-bond donors (Lipinski definition) is 3. The van der Waals surface area contributed by atoms with Gasteiger partial charge in [0.15, 0.2) is 0 Å². The summed E-state index contributed by atoms with van der Waals surface area (Å²) in [4.78, 5) is 23.1. The number of carbonyl (C=O) groups is 2. The molecule has 0 saturated heterocycles. The summed E-state index contributed by atoms with van der Waals surface area (Å²) in [6, 6.07) is 7.51. The predicted molar refractivity (Wildman–Crippen MR) is 80.3 cm³/mol. The summed E-state index contributed by atoms with van der Waals surface area (Å²) in [5.74, 6) is 0.649. The average Bonchev–Trinajstić information content (AvgIpc) is 3.28. The van der Waals surface area contributed by atoms with Crippen LogP contribution in [-0.4, -0.2) is 38.1 Å². The maximum absolute atomic E-state index is 11.7. The molecule has 0 spiro atoms. The third-order valence-corrected chi connectivity index (χ3v) is 3.13. The van der Waals surface area contributed by atoms with E-state index in [9.17, 15) is 9.59 Å². The van der Waals surface area contributed by atoms with Crippen LogP contribution in [0.4, 0.5) is 5.69 Å². The first-order chi connectivity index (χ1) is 10.2. The van der Waals surface area contributed by atoms with Crippen LogP contribution in [0.15, 0.2) is 24.3 Å². The first-order valence-electron chi connectivity index (χ1n) is 7.11. The molecule has 3 N–H and O–H groups in total. The fourth-order valence-corrected chi connectivity index (χ4v) is 1.81. The van der Waals surface area contributed by atoms with Gasteiger partial charge < -0.3 is 20.7 Å². The number of amides is 2. The van der Waals surface area contributed by atoms with E-state index in [0.717, 1.165) is 18.6 Å². The lowest BCUT2D eigenvalue weighted by molar-refractivity contribution is -0.121. The molecular weight excluding hydrogens is 270 g/mol. The first kappa shape index (κ1) is 15.3. The van der Waals surface area contributed by atoms with Crippen molar-refractivity contribution < 1.29 is 14.3 Å². The molecule has 21 heavy (non-hydrogen) atoms. The van der Waals surface area contributed by atoms with Gasteiger partial charge in [-0.05, 0) is 37.1 Å². The van der Waals surface area contributed by atoms with Crippen molar-refractivity contribution in [2.45, 2.75) is 25.3 Å². The number of rotatable bonds is 8. The van der Waals surface area contributed by atoms with Crippen molar-refractivity contribution in [3.8, 4) is 5.75 Å². The Bertz CT molecular complexity index is 483. The van der Waals surface area contributed by atoms with Gasteiger partial charge in [0.05, 0.1) is 13.7 Å². The highest BCUT2D eigenvalue weighted by molar-refractivity contribution is 5.92. The average molecular weight is 291 g/mol. The molecule has 2 amide bonds. The largest absolute Gasteiger partial charge is 0.497 e. The Morgan fingerprint density at radius 2 is 1.90 bits per heavy atom. The van der Waals surface area contributed by atoms with Crippen molar-refractivity contribution in [3.63, 3.8) is 0 Å². The molecule has 1 aliphatic rings. The van der Waals surface area contributed by atoms with Crippen LogP contribution in [-0.2, 0) is 9.59 Å². The van der Waals surface area contributed by atoms with Crippen LogP contribution in [0, 0.1) is 0 Å². The van der Waals surface area contributed by atoms with E-state index in [1.807, 2.05) is 0 Å². The van der Waals surface area contributed by atoms with Gasteiger partial charge in [-0.1, -0.05) is 0 Å². The minimum absolute atomic E-state index is 0.0422. The number of carbonyl (C=O) groups excluding carboxylic acids is 2. The number of benzene rings is 1. The zero-order valence-corrected chi connectivity index (χ0v) is 12.1. The second-order valence-electron chi connectivity index (χ2n) is 5.05. The third kappa shape index (κ3) is 5.83. The van der Waals surface area contributed by atoms with Crippen LogP contribution in [0.25, 0.3) is 0 Å². The number of ether oxygens (including phenoxy) is 1. The zero-order chi connectivity index (χ0) is 15.1. The minimum atomic E-state index is -0.136. The second kappa shape index (κ2) is 7.64. The van der Waals surface area contributed by atoms with Gasteiger partial charge in [-0.3, -0.25) is 9.59 Å². The summed E-state index contributed by atoms with van der Waals surface area (Å²) in [5, 5.41) is 8.62. The third-order valence-electron chi connectivity index (χ3n) is 3.13. The van der Waals surface area contributed by atoms with Gasteiger partial charge in [-0.2, -0.15) is 0 Å². The molecule has 1 saturated carbocycles. The molecule has 6 nitrogen and oxygen atoms in total. The second-order valence-corrected chi connectivity index (χ2v) is 5.05. The first-order valence-corrected chi connectivity index (χ1v) is 7.11. The molecule has 1 aromatic carbocycles. The lowest BCUT2D eigenvalue weighted by Crippen LogP contribution is -2.32. The summed E-state index contributed by atoms with van der Waals surface area (Å²) in [6.07, 6.45) is 2.57. The van der Waals surface area contributed by atoms with E-state index in [2.05, 4.69) is 16.0 Å². The van der Waals surface area contributed by atoms with Crippen molar-refractivity contribution >= 4 is 17.5 Å². The molecule has 1 fully saturated rings. The molecule has 0 aromatic heterocycles. The summed E-state index contributed by atoms with van der Waals surface area (Å²) in [7, 11) is 1.59. The predicted octanol–water partition coefficient (Wildman–Crippen LogP) is 0.892. The number of anilines is 1. The van der Waals surface area contributed by atoms with Gasteiger partial charge in [-0.25, -0.2) is 0 Å². The van der Waals surface area contributed by atoms with E-state index in [0.29, 0.717) is 24.7 Å². The molecule has 1 aromatic rings. The van der Waals surface area contributed by atoms with Gasteiger partial charge in [0.1, 0.15) is 5.75 Å². The number of nitrogens with one attached hydrogen (secondary N) is 3. The van der Waals surface area contributed by atoms with Crippen molar-refractivity contribution in [2.24, 2.45) is 0 Å². The van der Waals surface area contributed by atoms with Gasteiger partial charge in [0.2, 0.25) is 11.8 Å². The van der Waals surface area contributed by atoms with Gasteiger partial charge in [-0.15, -0.1) is 0 Å². The van der Waals surface area contributed by atoms with E-state index in [4.69, 9.17) is 4.74 Å². The van der Waals surface area contributed by atoms with E-state index in [1.165, 1.54) is 0 Å². The molecule has 6 heteroatoms. The van der Waals surface area contributed by atoms with Crippen LogP contribution >= 0.6 is 0 Å². The molecule has 0 radical (unpaired) electrons. The van der Waals surface area contributed by atoms with Crippen molar-refractivity contribution in [1.29, 1.82) is 0 Å². The Kier molecular flexibility index (Phi) is 5.57. The van der Waals surface area contributed by atoms with E-state index < -0.39 is 0 Å². The molecule has 114 valence electrons. The summed E-state index contributed by atoms with van der Waals surface area (Å²) < 4.78 is 5.04. The molecule has 0 bridgehead atoms. The van der Waals surface area contributed by atoms with E-state index in [-0.39, 0.29) is 18.4 Å². The monoisotopic (exact) mass is 291 g/mol. The Morgan fingerprint density at radius 1 is 1.19 bits per heavy atom. The lowest BCUT2D eigenvalue weighted by atomic mass is 10.3.